The summed E-state index contributed by atoms with van der Waals surface area (Å²) in [6.45, 7) is 6.72. The number of hydrogen-bond donors (Lipinski definition) is 1. The van der Waals surface area contributed by atoms with Crippen LogP contribution in [0.1, 0.15) is 69.4 Å². The van der Waals surface area contributed by atoms with E-state index in [4.69, 9.17) is 10.5 Å². The summed E-state index contributed by atoms with van der Waals surface area (Å²) in [5.41, 5.74) is 8.24. The van der Waals surface area contributed by atoms with Crippen molar-refractivity contribution >= 4 is 0 Å². The van der Waals surface area contributed by atoms with Gasteiger partial charge in [0.1, 0.15) is 0 Å². The average Bonchev–Trinajstić information content (AvgIpc) is 2.50. The molecule has 20 heavy (non-hydrogen) atoms. The van der Waals surface area contributed by atoms with E-state index in [0.29, 0.717) is 12.5 Å². The number of nitrogens with two attached hydrogens (primary N) is 1. The van der Waals surface area contributed by atoms with Crippen molar-refractivity contribution in [3.8, 4) is 0 Å². The van der Waals surface area contributed by atoms with Gasteiger partial charge in [0, 0.05) is 6.61 Å². The molecule has 1 aromatic carbocycles. The van der Waals surface area contributed by atoms with Crippen molar-refractivity contribution in [1.29, 1.82) is 0 Å². The maximum absolute atomic E-state index is 5.73. The van der Waals surface area contributed by atoms with E-state index in [1.165, 1.54) is 49.7 Å². The van der Waals surface area contributed by atoms with Crippen LogP contribution in [0.25, 0.3) is 0 Å². The van der Waals surface area contributed by atoms with Gasteiger partial charge in [-0.25, -0.2) is 0 Å². The topological polar surface area (TPSA) is 35.2 Å². The van der Waals surface area contributed by atoms with Gasteiger partial charge in [0.25, 0.3) is 0 Å². The van der Waals surface area contributed by atoms with Crippen molar-refractivity contribution in [3.63, 3.8) is 0 Å². The Hall–Kier alpha value is -0.860. The van der Waals surface area contributed by atoms with Gasteiger partial charge in [-0.1, -0.05) is 70.2 Å². The Morgan fingerprint density at radius 2 is 1.65 bits per heavy atom. The fraction of sp³-hybridized carbons (Fsp3) is 0.667. The summed E-state index contributed by atoms with van der Waals surface area (Å²) in [4.78, 5) is 0. The SMILES string of the molecule is CCCCCCCCOCc1ccc(C(C)CN)cc1. The van der Waals surface area contributed by atoms with Crippen molar-refractivity contribution in [2.24, 2.45) is 5.73 Å². The minimum Gasteiger partial charge on any atom is -0.377 e. The molecule has 2 N–H and O–H groups in total. The van der Waals surface area contributed by atoms with Crippen molar-refractivity contribution < 1.29 is 4.74 Å². The Kier molecular flexibility index (Phi) is 9.35. The van der Waals surface area contributed by atoms with E-state index in [-0.39, 0.29) is 0 Å². The van der Waals surface area contributed by atoms with Gasteiger partial charge < -0.3 is 10.5 Å². The molecule has 1 atom stereocenters. The molecule has 0 fully saturated rings. The third kappa shape index (κ3) is 7.06. The second kappa shape index (κ2) is 10.9. The highest BCUT2D eigenvalue weighted by atomic mass is 16.5. The van der Waals surface area contributed by atoms with Crippen molar-refractivity contribution in [2.45, 2.75) is 64.9 Å². The number of hydrogen-bond acceptors (Lipinski definition) is 2. The molecule has 0 heterocycles. The largest absolute Gasteiger partial charge is 0.377 e. The first-order valence-electron chi connectivity index (χ1n) is 8.14. The molecule has 0 aliphatic heterocycles. The maximum atomic E-state index is 5.73. The van der Waals surface area contributed by atoms with Gasteiger partial charge in [-0.3, -0.25) is 0 Å². The minimum atomic E-state index is 0.438. The van der Waals surface area contributed by atoms with E-state index in [1.807, 2.05) is 0 Å². The van der Waals surface area contributed by atoms with E-state index in [2.05, 4.69) is 38.1 Å². The average molecular weight is 277 g/mol. The highest BCUT2D eigenvalue weighted by Gasteiger charge is 2.02. The lowest BCUT2D eigenvalue weighted by Gasteiger charge is -2.10. The van der Waals surface area contributed by atoms with E-state index in [9.17, 15) is 0 Å². The van der Waals surface area contributed by atoms with Gasteiger partial charge in [0.05, 0.1) is 6.61 Å². The summed E-state index contributed by atoms with van der Waals surface area (Å²) in [5.74, 6) is 0.438. The van der Waals surface area contributed by atoms with E-state index in [1.54, 1.807) is 0 Å². The molecule has 1 rings (SSSR count). The molecule has 0 radical (unpaired) electrons. The van der Waals surface area contributed by atoms with Gasteiger partial charge in [-0.05, 0) is 30.0 Å². The van der Waals surface area contributed by atoms with Crippen LogP contribution in [0.4, 0.5) is 0 Å². The molecule has 0 aliphatic rings. The number of rotatable bonds is 11. The van der Waals surface area contributed by atoms with Crippen LogP contribution in [0.2, 0.25) is 0 Å². The standard InChI is InChI=1S/C18H31NO/c1-3-4-5-6-7-8-13-20-15-17-9-11-18(12-10-17)16(2)14-19/h9-12,16H,3-8,13-15,19H2,1-2H3. The zero-order valence-electron chi connectivity index (χ0n) is 13.2. The lowest BCUT2D eigenvalue weighted by Crippen LogP contribution is -2.08. The zero-order chi connectivity index (χ0) is 14.6. The van der Waals surface area contributed by atoms with Gasteiger partial charge in [-0.15, -0.1) is 0 Å². The van der Waals surface area contributed by atoms with Crippen LogP contribution in [0.15, 0.2) is 24.3 Å². The fourth-order valence-corrected chi connectivity index (χ4v) is 2.25. The number of benzene rings is 1. The smallest absolute Gasteiger partial charge is 0.0716 e. The second-order valence-electron chi connectivity index (χ2n) is 5.70. The molecule has 1 aromatic rings. The van der Waals surface area contributed by atoms with Crippen LogP contribution in [-0.4, -0.2) is 13.2 Å². The second-order valence-corrected chi connectivity index (χ2v) is 5.70. The first kappa shape index (κ1) is 17.2. The predicted molar refractivity (Wildman–Crippen MR) is 86.9 cm³/mol. The monoisotopic (exact) mass is 277 g/mol. The highest BCUT2D eigenvalue weighted by molar-refractivity contribution is 5.24. The molecule has 0 saturated carbocycles. The van der Waals surface area contributed by atoms with Crippen molar-refractivity contribution in [1.82, 2.24) is 0 Å². The van der Waals surface area contributed by atoms with Crippen LogP contribution in [0.3, 0.4) is 0 Å². The molecule has 0 aromatic heterocycles. The molecule has 114 valence electrons. The molecule has 0 spiro atoms. The molecule has 0 bridgehead atoms. The summed E-state index contributed by atoms with van der Waals surface area (Å²) < 4.78 is 5.73. The molecule has 0 saturated heterocycles. The summed E-state index contributed by atoms with van der Waals surface area (Å²) in [7, 11) is 0. The molecule has 2 heteroatoms. The highest BCUT2D eigenvalue weighted by Crippen LogP contribution is 2.15. The van der Waals surface area contributed by atoms with Crippen LogP contribution in [0, 0.1) is 0 Å². The predicted octanol–water partition coefficient (Wildman–Crippen LogP) is 4.63. The summed E-state index contributed by atoms with van der Waals surface area (Å²) >= 11 is 0. The van der Waals surface area contributed by atoms with Gasteiger partial charge in [0.2, 0.25) is 0 Å². The number of unbranched alkanes of at least 4 members (excludes halogenated alkanes) is 5. The lowest BCUT2D eigenvalue weighted by atomic mass is 10.0. The third-order valence-electron chi connectivity index (χ3n) is 3.81. The van der Waals surface area contributed by atoms with Crippen LogP contribution in [-0.2, 0) is 11.3 Å². The Balaban J connectivity index is 2.10. The van der Waals surface area contributed by atoms with Crippen molar-refractivity contribution in [2.75, 3.05) is 13.2 Å². The summed E-state index contributed by atoms with van der Waals surface area (Å²) in [5, 5.41) is 0. The normalized spacial score (nSPS) is 12.6. The molecule has 2 nitrogen and oxygen atoms in total. The number of ether oxygens (including phenoxy) is 1. The van der Waals surface area contributed by atoms with Crippen molar-refractivity contribution in [3.05, 3.63) is 35.4 Å². The Morgan fingerprint density at radius 1 is 1.00 bits per heavy atom. The molecular formula is C18H31NO. The van der Waals surface area contributed by atoms with Crippen LogP contribution >= 0.6 is 0 Å². The van der Waals surface area contributed by atoms with Gasteiger partial charge in [0.15, 0.2) is 0 Å². The molecule has 0 aliphatic carbocycles. The maximum Gasteiger partial charge on any atom is 0.0716 e. The van der Waals surface area contributed by atoms with Crippen LogP contribution in [0.5, 0.6) is 0 Å². The lowest BCUT2D eigenvalue weighted by molar-refractivity contribution is 0.116. The Labute approximate surface area is 124 Å². The van der Waals surface area contributed by atoms with Gasteiger partial charge >= 0.3 is 0 Å². The van der Waals surface area contributed by atoms with E-state index in [0.717, 1.165) is 13.2 Å². The minimum absolute atomic E-state index is 0.438. The molecule has 0 amide bonds. The van der Waals surface area contributed by atoms with Crippen LogP contribution < -0.4 is 5.73 Å². The molecular weight excluding hydrogens is 246 g/mol. The summed E-state index contributed by atoms with van der Waals surface area (Å²) in [6.07, 6.45) is 7.89. The Morgan fingerprint density at radius 3 is 2.30 bits per heavy atom. The fourth-order valence-electron chi connectivity index (χ4n) is 2.25. The first-order chi connectivity index (χ1) is 9.77. The zero-order valence-corrected chi connectivity index (χ0v) is 13.2. The van der Waals surface area contributed by atoms with E-state index < -0.39 is 0 Å². The Bertz CT molecular complexity index is 334. The quantitative estimate of drug-likeness (QED) is 0.599. The first-order valence-corrected chi connectivity index (χ1v) is 8.14. The molecule has 1 unspecified atom stereocenters. The van der Waals surface area contributed by atoms with E-state index >= 15 is 0 Å². The summed E-state index contributed by atoms with van der Waals surface area (Å²) in [6, 6.07) is 8.65. The van der Waals surface area contributed by atoms with Gasteiger partial charge in [-0.2, -0.15) is 0 Å². The third-order valence-corrected chi connectivity index (χ3v) is 3.81.